The van der Waals surface area contributed by atoms with Crippen molar-refractivity contribution in [3.05, 3.63) is 77.6 Å². The van der Waals surface area contributed by atoms with Crippen LogP contribution in [0.15, 0.2) is 55.1 Å². The predicted molar refractivity (Wildman–Crippen MR) is 113 cm³/mol. The lowest BCUT2D eigenvalue weighted by molar-refractivity contribution is 0.249. The fourth-order valence-corrected chi connectivity index (χ4v) is 3.16. The molecule has 0 unspecified atom stereocenters. The molecule has 3 aromatic rings. The first-order chi connectivity index (χ1) is 13.8. The number of aryl methyl sites for hydroxylation is 1. The van der Waals surface area contributed by atoms with Crippen molar-refractivity contribution in [3.63, 3.8) is 0 Å². The van der Waals surface area contributed by atoms with Crippen molar-refractivity contribution in [2.75, 3.05) is 19.4 Å². The first-order valence-electron chi connectivity index (χ1n) is 9.43. The molecule has 29 heavy (non-hydrogen) atoms. The summed E-state index contributed by atoms with van der Waals surface area (Å²) in [6.07, 6.45) is 5.35. The van der Waals surface area contributed by atoms with Gasteiger partial charge in [-0.15, -0.1) is 0 Å². The van der Waals surface area contributed by atoms with Gasteiger partial charge in [0.2, 0.25) is 0 Å². The van der Waals surface area contributed by atoms with Crippen molar-refractivity contribution in [1.82, 2.24) is 19.8 Å². The number of aromatic nitrogens is 2. The molecule has 7 heteroatoms. The number of benzene rings is 2. The van der Waals surface area contributed by atoms with Crippen LogP contribution in [0.3, 0.4) is 0 Å². The largest absolute Gasteiger partial charge is 0.331 e. The van der Waals surface area contributed by atoms with E-state index < -0.39 is 0 Å². The van der Waals surface area contributed by atoms with E-state index >= 15 is 0 Å². The molecule has 1 aromatic heterocycles. The Morgan fingerprint density at radius 3 is 2.72 bits per heavy atom. The van der Waals surface area contributed by atoms with Gasteiger partial charge in [0.1, 0.15) is 5.82 Å². The van der Waals surface area contributed by atoms with Gasteiger partial charge in [0, 0.05) is 30.3 Å². The van der Waals surface area contributed by atoms with Gasteiger partial charge < -0.3 is 20.1 Å². The molecular weight excluding hydrogens is 369 g/mol. The third kappa shape index (κ3) is 5.20. The van der Waals surface area contributed by atoms with Crippen molar-refractivity contribution in [3.8, 4) is 5.69 Å². The molecule has 0 bridgehead atoms. The van der Waals surface area contributed by atoms with Gasteiger partial charge in [-0.2, -0.15) is 0 Å². The predicted octanol–water partition coefficient (Wildman–Crippen LogP) is 4.26. The van der Waals surface area contributed by atoms with E-state index in [-0.39, 0.29) is 17.9 Å². The van der Waals surface area contributed by atoms with Gasteiger partial charge in [0.15, 0.2) is 0 Å². The van der Waals surface area contributed by atoms with Crippen LogP contribution in [0, 0.1) is 12.7 Å². The number of imidazole rings is 1. The van der Waals surface area contributed by atoms with Crippen molar-refractivity contribution in [1.29, 1.82) is 0 Å². The van der Waals surface area contributed by atoms with E-state index in [1.807, 2.05) is 61.8 Å². The summed E-state index contributed by atoms with van der Waals surface area (Å²) < 4.78 is 15.6. The summed E-state index contributed by atoms with van der Waals surface area (Å²) in [5.41, 5.74) is 4.38. The average Bonchev–Trinajstić information content (AvgIpc) is 3.18. The Morgan fingerprint density at radius 1 is 1.24 bits per heavy atom. The molecule has 6 nitrogen and oxygen atoms in total. The standard InChI is InChI=1S/C22H26FN5O/c1-15-5-6-17(11-21(15)28-10-9-24-14-28)16(2)25-22(29)26-20-12-19(23)8-7-18(20)13-27(3)4/h5-12,14,16H,13H2,1-4H3,(H2,25,26,29)/t16-/m0/s1. The number of rotatable bonds is 6. The molecule has 152 valence electrons. The van der Waals surface area contributed by atoms with Crippen LogP contribution in [0.2, 0.25) is 0 Å². The highest BCUT2D eigenvalue weighted by molar-refractivity contribution is 5.90. The molecule has 3 rings (SSSR count). The minimum atomic E-state index is -0.389. The van der Waals surface area contributed by atoms with Crippen molar-refractivity contribution >= 4 is 11.7 Å². The molecule has 0 spiro atoms. The van der Waals surface area contributed by atoms with Gasteiger partial charge in [0.25, 0.3) is 0 Å². The van der Waals surface area contributed by atoms with Gasteiger partial charge >= 0.3 is 6.03 Å². The van der Waals surface area contributed by atoms with Gasteiger partial charge in [-0.3, -0.25) is 0 Å². The van der Waals surface area contributed by atoms with Crippen LogP contribution in [-0.4, -0.2) is 34.6 Å². The number of nitrogens with zero attached hydrogens (tertiary/aromatic N) is 3. The van der Waals surface area contributed by atoms with Crippen LogP contribution in [-0.2, 0) is 6.54 Å². The van der Waals surface area contributed by atoms with E-state index in [1.54, 1.807) is 18.6 Å². The summed E-state index contributed by atoms with van der Waals surface area (Å²) in [4.78, 5) is 18.6. The molecular formula is C22H26FN5O. The van der Waals surface area contributed by atoms with E-state index in [4.69, 9.17) is 0 Å². The number of hydrogen-bond donors (Lipinski definition) is 2. The Kier molecular flexibility index (Phi) is 6.29. The SMILES string of the molecule is Cc1ccc([C@H](C)NC(=O)Nc2cc(F)ccc2CN(C)C)cc1-n1ccnc1. The Bertz CT molecular complexity index is 985. The van der Waals surface area contributed by atoms with E-state index in [1.165, 1.54) is 12.1 Å². The third-order valence-electron chi connectivity index (χ3n) is 4.67. The molecule has 0 fully saturated rings. The maximum atomic E-state index is 13.7. The minimum absolute atomic E-state index is 0.233. The normalized spacial score (nSPS) is 12.1. The number of anilines is 1. The molecule has 1 heterocycles. The molecule has 2 aromatic carbocycles. The highest BCUT2D eigenvalue weighted by Crippen LogP contribution is 2.22. The number of hydrogen-bond acceptors (Lipinski definition) is 3. The number of carbonyl (C=O) groups is 1. The lowest BCUT2D eigenvalue weighted by Gasteiger charge is -2.19. The minimum Gasteiger partial charge on any atom is -0.331 e. The average molecular weight is 395 g/mol. The Morgan fingerprint density at radius 2 is 2.03 bits per heavy atom. The first-order valence-corrected chi connectivity index (χ1v) is 9.43. The number of amides is 2. The lowest BCUT2D eigenvalue weighted by Crippen LogP contribution is -2.31. The number of urea groups is 1. The van der Waals surface area contributed by atoms with E-state index in [9.17, 15) is 9.18 Å². The molecule has 0 aliphatic rings. The van der Waals surface area contributed by atoms with Crippen LogP contribution in [0.4, 0.5) is 14.9 Å². The molecule has 0 aliphatic carbocycles. The monoisotopic (exact) mass is 395 g/mol. The second kappa shape index (κ2) is 8.87. The van der Waals surface area contributed by atoms with Crippen LogP contribution in [0.5, 0.6) is 0 Å². The molecule has 0 radical (unpaired) electrons. The Hall–Kier alpha value is -3.19. The quantitative estimate of drug-likeness (QED) is 0.655. The van der Waals surface area contributed by atoms with Crippen molar-refractivity contribution < 1.29 is 9.18 Å². The Labute approximate surface area is 170 Å². The van der Waals surface area contributed by atoms with E-state index in [0.29, 0.717) is 12.2 Å². The molecule has 2 amide bonds. The van der Waals surface area contributed by atoms with Gasteiger partial charge in [-0.05, 0) is 62.8 Å². The molecule has 0 aliphatic heterocycles. The second-order valence-electron chi connectivity index (χ2n) is 7.38. The zero-order valence-corrected chi connectivity index (χ0v) is 17.1. The van der Waals surface area contributed by atoms with Crippen LogP contribution >= 0.6 is 0 Å². The fourth-order valence-electron chi connectivity index (χ4n) is 3.16. The molecule has 0 saturated heterocycles. The second-order valence-corrected chi connectivity index (χ2v) is 7.38. The fraction of sp³-hybridized carbons (Fsp3) is 0.273. The molecule has 0 saturated carbocycles. The van der Waals surface area contributed by atoms with Crippen LogP contribution in [0.25, 0.3) is 5.69 Å². The number of halogens is 1. The summed E-state index contributed by atoms with van der Waals surface area (Å²) in [6, 6.07) is 9.84. The van der Waals surface area contributed by atoms with Gasteiger partial charge in [-0.25, -0.2) is 14.2 Å². The lowest BCUT2D eigenvalue weighted by atomic mass is 10.0. The van der Waals surface area contributed by atoms with Gasteiger partial charge in [0.05, 0.1) is 12.4 Å². The Balaban J connectivity index is 1.73. The maximum Gasteiger partial charge on any atom is 0.319 e. The van der Waals surface area contributed by atoms with E-state index in [0.717, 1.165) is 22.4 Å². The molecule has 2 N–H and O–H groups in total. The molecule has 1 atom stereocenters. The smallest absolute Gasteiger partial charge is 0.319 e. The topological polar surface area (TPSA) is 62.2 Å². The van der Waals surface area contributed by atoms with E-state index in [2.05, 4.69) is 15.6 Å². The summed E-state index contributed by atoms with van der Waals surface area (Å²) in [5.74, 6) is -0.389. The van der Waals surface area contributed by atoms with Crippen molar-refractivity contribution in [2.24, 2.45) is 0 Å². The van der Waals surface area contributed by atoms with Crippen molar-refractivity contribution in [2.45, 2.75) is 26.4 Å². The number of carbonyl (C=O) groups excluding carboxylic acids is 1. The third-order valence-corrected chi connectivity index (χ3v) is 4.67. The van der Waals surface area contributed by atoms with Crippen LogP contribution in [0.1, 0.15) is 29.7 Å². The van der Waals surface area contributed by atoms with Crippen LogP contribution < -0.4 is 10.6 Å². The summed E-state index contributed by atoms with van der Waals surface area (Å²) in [6.45, 7) is 4.53. The summed E-state index contributed by atoms with van der Waals surface area (Å²) in [7, 11) is 3.84. The highest BCUT2D eigenvalue weighted by atomic mass is 19.1. The summed E-state index contributed by atoms with van der Waals surface area (Å²) >= 11 is 0. The number of nitrogens with one attached hydrogen (secondary N) is 2. The van der Waals surface area contributed by atoms with Gasteiger partial charge in [-0.1, -0.05) is 18.2 Å². The highest BCUT2D eigenvalue weighted by Gasteiger charge is 2.14. The zero-order chi connectivity index (χ0) is 21.0. The maximum absolute atomic E-state index is 13.7. The first kappa shape index (κ1) is 20.5. The zero-order valence-electron chi connectivity index (χ0n) is 17.1. The summed E-state index contributed by atoms with van der Waals surface area (Å²) in [5, 5.41) is 5.70.